The molecule has 0 fully saturated rings. The molecule has 0 saturated heterocycles. The fraction of sp³-hybridized carbons (Fsp3) is 0.133. The Morgan fingerprint density at radius 1 is 1.14 bits per heavy atom. The van der Waals surface area contributed by atoms with Gasteiger partial charge >= 0.3 is 0 Å². The molecule has 0 unspecified atom stereocenters. The van der Waals surface area contributed by atoms with Crippen molar-refractivity contribution in [3.8, 4) is 0 Å². The summed E-state index contributed by atoms with van der Waals surface area (Å²) < 4.78 is 13.0. The van der Waals surface area contributed by atoms with Crippen LogP contribution in [0.4, 0.5) is 10.1 Å². The van der Waals surface area contributed by atoms with Gasteiger partial charge < -0.3 is 10.6 Å². The predicted octanol–water partition coefficient (Wildman–Crippen LogP) is 2.52. The molecule has 7 heteroatoms. The molecule has 0 saturated carbocycles. The normalized spacial score (nSPS) is 10.1. The van der Waals surface area contributed by atoms with Gasteiger partial charge in [0.25, 0.3) is 0 Å². The smallest absolute Gasteiger partial charge is 0.233 e. The van der Waals surface area contributed by atoms with E-state index in [2.05, 4.69) is 15.6 Å². The van der Waals surface area contributed by atoms with Crippen LogP contribution in [0.1, 0.15) is 12.0 Å². The van der Waals surface area contributed by atoms with Gasteiger partial charge in [0.15, 0.2) is 0 Å². The Morgan fingerprint density at radius 2 is 1.86 bits per heavy atom. The topological polar surface area (TPSA) is 71.1 Å². The Hall–Kier alpha value is -2.47. The van der Waals surface area contributed by atoms with Crippen molar-refractivity contribution < 1.29 is 14.0 Å². The molecule has 0 atom stereocenters. The molecule has 22 heavy (non-hydrogen) atoms. The van der Waals surface area contributed by atoms with Gasteiger partial charge in [-0.1, -0.05) is 11.6 Å². The number of nitrogens with zero attached hydrogens (tertiary/aromatic N) is 1. The molecule has 1 heterocycles. The number of amides is 2. The van der Waals surface area contributed by atoms with Crippen molar-refractivity contribution in [3.63, 3.8) is 0 Å². The molecule has 1 aromatic carbocycles. The molecular formula is C15H13ClFN3O2. The first-order valence-electron chi connectivity index (χ1n) is 6.45. The van der Waals surface area contributed by atoms with Crippen LogP contribution in [0.15, 0.2) is 42.7 Å². The highest BCUT2D eigenvalue weighted by atomic mass is 35.5. The number of halogens is 2. The molecule has 1 aromatic heterocycles. The lowest BCUT2D eigenvalue weighted by molar-refractivity contribution is -0.126. The van der Waals surface area contributed by atoms with Crippen molar-refractivity contribution in [2.45, 2.75) is 13.0 Å². The molecule has 2 rings (SSSR count). The molecule has 114 valence electrons. The van der Waals surface area contributed by atoms with Gasteiger partial charge in [-0.25, -0.2) is 4.39 Å². The second-order valence-corrected chi connectivity index (χ2v) is 4.89. The predicted molar refractivity (Wildman–Crippen MR) is 80.7 cm³/mol. The van der Waals surface area contributed by atoms with Crippen LogP contribution in [-0.2, 0) is 16.1 Å². The van der Waals surface area contributed by atoms with Crippen LogP contribution in [0.2, 0.25) is 5.02 Å². The quantitative estimate of drug-likeness (QED) is 0.831. The highest BCUT2D eigenvalue weighted by Gasteiger charge is 2.10. The molecule has 0 aliphatic rings. The van der Waals surface area contributed by atoms with Crippen molar-refractivity contribution in [1.82, 2.24) is 10.3 Å². The molecule has 0 aliphatic heterocycles. The Bertz CT molecular complexity index is 680. The summed E-state index contributed by atoms with van der Waals surface area (Å²) in [5, 5.41) is 5.00. The maximum Gasteiger partial charge on any atom is 0.233 e. The number of nitrogens with one attached hydrogen (secondary N) is 2. The fourth-order valence-corrected chi connectivity index (χ4v) is 1.87. The number of aromatic nitrogens is 1. The van der Waals surface area contributed by atoms with E-state index in [-0.39, 0.29) is 11.4 Å². The molecule has 2 amide bonds. The second-order valence-electron chi connectivity index (χ2n) is 4.49. The van der Waals surface area contributed by atoms with Crippen molar-refractivity contribution in [2.24, 2.45) is 0 Å². The van der Waals surface area contributed by atoms with E-state index in [1.54, 1.807) is 24.5 Å². The van der Waals surface area contributed by atoms with E-state index in [9.17, 15) is 14.0 Å². The van der Waals surface area contributed by atoms with Crippen LogP contribution in [0, 0.1) is 5.82 Å². The van der Waals surface area contributed by atoms with E-state index in [1.807, 2.05) is 0 Å². The molecule has 0 radical (unpaired) electrons. The van der Waals surface area contributed by atoms with E-state index in [0.29, 0.717) is 12.2 Å². The highest BCUT2D eigenvalue weighted by molar-refractivity contribution is 6.31. The highest BCUT2D eigenvalue weighted by Crippen LogP contribution is 2.19. The monoisotopic (exact) mass is 321 g/mol. The zero-order chi connectivity index (χ0) is 15.9. The number of benzene rings is 1. The Balaban J connectivity index is 1.81. The first-order valence-corrected chi connectivity index (χ1v) is 6.83. The lowest BCUT2D eigenvalue weighted by Gasteiger charge is -2.07. The number of carbonyl (C=O) groups excluding carboxylic acids is 2. The lowest BCUT2D eigenvalue weighted by Crippen LogP contribution is -2.27. The van der Waals surface area contributed by atoms with E-state index in [0.717, 1.165) is 11.6 Å². The molecule has 0 aliphatic carbocycles. The van der Waals surface area contributed by atoms with Gasteiger partial charge in [0, 0.05) is 24.6 Å². The first kappa shape index (κ1) is 15.9. The lowest BCUT2D eigenvalue weighted by atomic mass is 10.2. The summed E-state index contributed by atoms with van der Waals surface area (Å²) >= 11 is 5.61. The van der Waals surface area contributed by atoms with Gasteiger partial charge in [-0.15, -0.1) is 0 Å². The third-order valence-electron chi connectivity index (χ3n) is 2.76. The maximum atomic E-state index is 13.0. The molecular weight excluding hydrogens is 309 g/mol. The van der Waals surface area contributed by atoms with Crippen LogP contribution < -0.4 is 10.6 Å². The molecule has 2 N–H and O–H groups in total. The van der Waals surface area contributed by atoms with Crippen molar-refractivity contribution in [2.75, 3.05) is 5.32 Å². The average Bonchev–Trinajstić information content (AvgIpc) is 2.50. The van der Waals surface area contributed by atoms with Crippen LogP contribution in [0.5, 0.6) is 0 Å². The van der Waals surface area contributed by atoms with Gasteiger partial charge in [0.05, 0.1) is 5.02 Å². The van der Waals surface area contributed by atoms with E-state index in [1.165, 1.54) is 12.1 Å². The number of hydrogen-bond acceptors (Lipinski definition) is 3. The second kappa shape index (κ2) is 7.51. The number of rotatable bonds is 5. The van der Waals surface area contributed by atoms with Crippen molar-refractivity contribution in [1.29, 1.82) is 0 Å². The Kier molecular flexibility index (Phi) is 5.43. The largest absolute Gasteiger partial charge is 0.352 e. The summed E-state index contributed by atoms with van der Waals surface area (Å²) in [5.74, 6) is -1.49. The Morgan fingerprint density at radius 3 is 2.55 bits per heavy atom. The average molecular weight is 322 g/mol. The standard InChI is InChI=1S/C15H13ClFN3O2/c16-12-7-11(1-2-13(12)17)20-15(22)8-14(21)19-9-10-3-5-18-6-4-10/h1-7H,8-9H2,(H,19,21)(H,20,22). The summed E-state index contributed by atoms with van der Waals surface area (Å²) in [6, 6.07) is 7.32. The number of hydrogen-bond donors (Lipinski definition) is 2. The zero-order valence-electron chi connectivity index (χ0n) is 11.5. The summed E-state index contributed by atoms with van der Waals surface area (Å²) in [6.07, 6.45) is 2.90. The molecule has 0 spiro atoms. The van der Waals surface area contributed by atoms with E-state index in [4.69, 9.17) is 11.6 Å². The number of pyridine rings is 1. The fourth-order valence-electron chi connectivity index (χ4n) is 1.69. The minimum Gasteiger partial charge on any atom is -0.352 e. The molecule has 0 bridgehead atoms. The third-order valence-corrected chi connectivity index (χ3v) is 3.05. The van der Waals surface area contributed by atoms with Crippen molar-refractivity contribution in [3.05, 3.63) is 59.1 Å². The third kappa shape index (κ3) is 4.82. The van der Waals surface area contributed by atoms with Gasteiger partial charge in [-0.2, -0.15) is 0 Å². The Labute approximate surface area is 131 Å². The number of carbonyl (C=O) groups is 2. The van der Waals surface area contributed by atoms with Crippen LogP contribution >= 0.6 is 11.6 Å². The summed E-state index contributed by atoms with van der Waals surface area (Å²) in [5.41, 5.74) is 1.22. The van der Waals surface area contributed by atoms with Crippen LogP contribution in [0.3, 0.4) is 0 Å². The SMILES string of the molecule is O=C(CC(=O)Nc1ccc(F)c(Cl)c1)NCc1ccncc1. The number of anilines is 1. The van der Waals surface area contributed by atoms with Gasteiger partial charge in [0.2, 0.25) is 11.8 Å². The molecule has 2 aromatic rings. The van der Waals surface area contributed by atoms with E-state index >= 15 is 0 Å². The minimum atomic E-state index is -0.574. The van der Waals surface area contributed by atoms with Crippen LogP contribution in [0.25, 0.3) is 0 Å². The molecule has 5 nitrogen and oxygen atoms in total. The van der Waals surface area contributed by atoms with Gasteiger partial charge in [-0.05, 0) is 35.9 Å². The summed E-state index contributed by atoms with van der Waals surface area (Å²) in [6.45, 7) is 0.316. The van der Waals surface area contributed by atoms with E-state index < -0.39 is 17.6 Å². The van der Waals surface area contributed by atoms with Gasteiger partial charge in [-0.3, -0.25) is 14.6 Å². The van der Waals surface area contributed by atoms with Crippen LogP contribution in [-0.4, -0.2) is 16.8 Å². The van der Waals surface area contributed by atoms with Crippen molar-refractivity contribution >= 4 is 29.1 Å². The maximum absolute atomic E-state index is 13.0. The minimum absolute atomic E-state index is 0.0973. The summed E-state index contributed by atoms with van der Waals surface area (Å²) in [4.78, 5) is 27.2. The zero-order valence-corrected chi connectivity index (χ0v) is 12.2. The van der Waals surface area contributed by atoms with Gasteiger partial charge in [0.1, 0.15) is 12.2 Å². The first-order chi connectivity index (χ1) is 10.5. The summed E-state index contributed by atoms with van der Waals surface area (Å²) in [7, 11) is 0.